The van der Waals surface area contributed by atoms with Crippen molar-refractivity contribution in [3.8, 4) is 0 Å². The fourth-order valence-electron chi connectivity index (χ4n) is 4.17. The van der Waals surface area contributed by atoms with Crippen LogP contribution in [0.1, 0.15) is 42.6 Å². The molecule has 0 unspecified atom stereocenters. The number of hydrogen-bond donors (Lipinski definition) is 1. The van der Waals surface area contributed by atoms with Crippen LogP contribution >= 0.6 is 0 Å². The van der Waals surface area contributed by atoms with Gasteiger partial charge in [0.05, 0.1) is 22.9 Å². The van der Waals surface area contributed by atoms with Gasteiger partial charge in [-0.2, -0.15) is 13.2 Å². The second-order valence-electron chi connectivity index (χ2n) is 7.67. The molecule has 0 bridgehead atoms. The average Bonchev–Trinajstić information content (AvgIpc) is 3.03. The number of hydrogen-bond acceptors (Lipinski definition) is 4. The number of aryl methyl sites for hydroxylation is 1. The van der Waals surface area contributed by atoms with E-state index in [1.807, 2.05) is 13.1 Å². The Hall–Kier alpha value is -2.19. The molecule has 2 heterocycles. The van der Waals surface area contributed by atoms with E-state index in [1.54, 1.807) is 23.9 Å². The monoisotopic (exact) mass is 394 g/mol. The van der Waals surface area contributed by atoms with E-state index in [4.69, 9.17) is 0 Å². The molecule has 2 aromatic rings. The standard InChI is InChI=1S/C20H25F3N4O/c1-4-8-27-14(2)10-19(28,12-18(27)17-13-26(3)25-24-17)11-15-6-5-7-16(9-15)20(21,22)23/h4-7,9,13-14,18,28H,1,8,10-12H2,2-3H3/t14-,18-,19+/m0/s1. The van der Waals surface area contributed by atoms with Crippen LogP contribution in [0.2, 0.25) is 0 Å². The number of likely N-dealkylation sites (tertiary alicyclic amines) is 1. The summed E-state index contributed by atoms with van der Waals surface area (Å²) in [5.41, 5.74) is -0.627. The Kier molecular flexibility index (Phi) is 5.63. The summed E-state index contributed by atoms with van der Waals surface area (Å²) in [6, 6.07) is 5.01. The zero-order valence-corrected chi connectivity index (χ0v) is 16.0. The summed E-state index contributed by atoms with van der Waals surface area (Å²) in [5, 5.41) is 19.5. The van der Waals surface area contributed by atoms with Gasteiger partial charge in [-0.05, 0) is 31.4 Å². The minimum atomic E-state index is -4.40. The highest BCUT2D eigenvalue weighted by molar-refractivity contribution is 5.27. The van der Waals surface area contributed by atoms with Crippen LogP contribution in [-0.2, 0) is 19.6 Å². The molecule has 152 valence electrons. The fourth-order valence-corrected chi connectivity index (χ4v) is 4.17. The molecule has 1 N–H and O–H groups in total. The van der Waals surface area contributed by atoms with Crippen molar-refractivity contribution in [3.63, 3.8) is 0 Å². The van der Waals surface area contributed by atoms with E-state index in [-0.39, 0.29) is 18.5 Å². The van der Waals surface area contributed by atoms with Crippen molar-refractivity contribution >= 4 is 0 Å². The van der Waals surface area contributed by atoms with Gasteiger partial charge in [-0.25, -0.2) is 0 Å². The predicted molar refractivity (Wildman–Crippen MR) is 99.4 cm³/mol. The maximum atomic E-state index is 13.0. The Morgan fingerprint density at radius 2 is 2.11 bits per heavy atom. The highest BCUT2D eigenvalue weighted by Crippen LogP contribution is 2.41. The van der Waals surface area contributed by atoms with E-state index in [2.05, 4.69) is 21.8 Å². The largest absolute Gasteiger partial charge is 0.416 e. The molecular weight excluding hydrogens is 369 g/mol. The molecule has 1 saturated heterocycles. The van der Waals surface area contributed by atoms with Gasteiger partial charge < -0.3 is 5.11 Å². The molecule has 28 heavy (non-hydrogen) atoms. The van der Waals surface area contributed by atoms with Crippen LogP contribution < -0.4 is 0 Å². The molecule has 3 atom stereocenters. The molecule has 1 aliphatic rings. The first-order valence-corrected chi connectivity index (χ1v) is 9.23. The first-order chi connectivity index (χ1) is 13.1. The summed E-state index contributed by atoms with van der Waals surface area (Å²) in [6.45, 7) is 6.44. The van der Waals surface area contributed by atoms with E-state index in [9.17, 15) is 18.3 Å². The molecule has 1 aliphatic heterocycles. The van der Waals surface area contributed by atoms with Crippen molar-refractivity contribution in [2.45, 2.75) is 50.0 Å². The third-order valence-corrected chi connectivity index (χ3v) is 5.30. The van der Waals surface area contributed by atoms with Gasteiger partial charge in [0.2, 0.25) is 0 Å². The summed E-state index contributed by atoms with van der Waals surface area (Å²) in [6.07, 6.45) is 0.176. The number of nitrogens with zero attached hydrogens (tertiary/aromatic N) is 4. The van der Waals surface area contributed by atoms with E-state index >= 15 is 0 Å². The van der Waals surface area contributed by atoms with Crippen molar-refractivity contribution in [1.82, 2.24) is 19.9 Å². The Balaban J connectivity index is 1.88. The number of aliphatic hydroxyl groups is 1. The minimum absolute atomic E-state index is 0.00885. The number of aromatic nitrogens is 3. The zero-order valence-electron chi connectivity index (χ0n) is 16.0. The highest BCUT2D eigenvalue weighted by atomic mass is 19.4. The van der Waals surface area contributed by atoms with Crippen LogP contribution in [0.25, 0.3) is 0 Å². The summed E-state index contributed by atoms with van der Waals surface area (Å²) in [5.74, 6) is 0. The van der Waals surface area contributed by atoms with Crippen LogP contribution in [0.5, 0.6) is 0 Å². The zero-order chi connectivity index (χ0) is 20.5. The van der Waals surface area contributed by atoms with Gasteiger partial charge in [-0.1, -0.05) is 29.5 Å². The van der Waals surface area contributed by atoms with Gasteiger partial charge in [0.1, 0.15) is 0 Å². The molecular formula is C20H25F3N4O. The number of benzene rings is 1. The van der Waals surface area contributed by atoms with E-state index in [0.717, 1.165) is 17.8 Å². The number of alkyl halides is 3. The highest BCUT2D eigenvalue weighted by Gasteiger charge is 2.43. The Labute approximate surface area is 162 Å². The lowest BCUT2D eigenvalue weighted by molar-refractivity contribution is -0.137. The Morgan fingerprint density at radius 1 is 1.36 bits per heavy atom. The van der Waals surface area contributed by atoms with Crippen LogP contribution in [0, 0.1) is 0 Å². The Bertz CT molecular complexity index is 835. The molecule has 0 saturated carbocycles. The molecule has 1 aromatic heterocycles. The maximum absolute atomic E-state index is 13.0. The summed E-state index contributed by atoms with van der Waals surface area (Å²) < 4.78 is 40.7. The predicted octanol–water partition coefficient (Wildman–Crippen LogP) is 3.52. The summed E-state index contributed by atoms with van der Waals surface area (Å²) >= 11 is 0. The molecule has 5 nitrogen and oxygen atoms in total. The molecule has 0 spiro atoms. The fraction of sp³-hybridized carbons (Fsp3) is 0.500. The van der Waals surface area contributed by atoms with E-state index in [1.165, 1.54) is 6.07 Å². The van der Waals surface area contributed by atoms with E-state index < -0.39 is 17.3 Å². The van der Waals surface area contributed by atoms with Crippen LogP contribution in [0.3, 0.4) is 0 Å². The smallest absolute Gasteiger partial charge is 0.389 e. The number of rotatable bonds is 5. The normalized spacial score (nSPS) is 26.4. The summed E-state index contributed by atoms with van der Waals surface area (Å²) in [7, 11) is 1.77. The molecule has 1 fully saturated rings. The van der Waals surface area contributed by atoms with Crippen molar-refractivity contribution in [3.05, 3.63) is 59.9 Å². The SMILES string of the molecule is C=CCN1[C@@H](C)C[C@@](O)(Cc2cccc(C(F)(F)F)c2)C[C@H]1c1cn(C)nn1. The van der Waals surface area contributed by atoms with Gasteiger partial charge in [0.15, 0.2) is 0 Å². The van der Waals surface area contributed by atoms with Gasteiger partial charge in [-0.3, -0.25) is 9.58 Å². The lowest BCUT2D eigenvalue weighted by Gasteiger charge is -2.47. The second kappa shape index (κ2) is 7.67. The lowest BCUT2D eigenvalue weighted by Crippen LogP contribution is -2.52. The minimum Gasteiger partial charge on any atom is -0.389 e. The molecule has 0 amide bonds. The molecule has 0 aliphatic carbocycles. The third-order valence-electron chi connectivity index (χ3n) is 5.30. The van der Waals surface area contributed by atoms with Crippen molar-refractivity contribution in [2.24, 2.45) is 7.05 Å². The Morgan fingerprint density at radius 3 is 2.71 bits per heavy atom. The van der Waals surface area contributed by atoms with Crippen LogP contribution in [-0.4, -0.2) is 43.2 Å². The van der Waals surface area contributed by atoms with Crippen molar-refractivity contribution < 1.29 is 18.3 Å². The van der Waals surface area contributed by atoms with Gasteiger partial charge in [0.25, 0.3) is 0 Å². The average molecular weight is 394 g/mol. The second-order valence-corrected chi connectivity index (χ2v) is 7.67. The van der Waals surface area contributed by atoms with E-state index in [0.29, 0.717) is 24.9 Å². The molecule has 0 radical (unpaired) electrons. The first kappa shape index (κ1) is 20.5. The quantitative estimate of drug-likeness (QED) is 0.789. The first-order valence-electron chi connectivity index (χ1n) is 9.23. The van der Waals surface area contributed by atoms with Gasteiger partial charge in [0, 0.05) is 32.3 Å². The maximum Gasteiger partial charge on any atom is 0.416 e. The topological polar surface area (TPSA) is 54.2 Å². The number of piperidine rings is 1. The van der Waals surface area contributed by atoms with Crippen LogP contribution in [0.15, 0.2) is 43.1 Å². The van der Waals surface area contributed by atoms with Crippen molar-refractivity contribution in [1.29, 1.82) is 0 Å². The lowest BCUT2D eigenvalue weighted by atomic mass is 9.77. The summed E-state index contributed by atoms with van der Waals surface area (Å²) in [4.78, 5) is 2.19. The van der Waals surface area contributed by atoms with Gasteiger partial charge in [-0.15, -0.1) is 11.7 Å². The molecule has 1 aromatic carbocycles. The van der Waals surface area contributed by atoms with Crippen molar-refractivity contribution in [2.75, 3.05) is 6.54 Å². The molecule has 3 rings (SSSR count). The molecule has 8 heteroatoms. The van der Waals surface area contributed by atoms with Crippen LogP contribution in [0.4, 0.5) is 13.2 Å². The van der Waals surface area contributed by atoms with Gasteiger partial charge >= 0.3 is 6.18 Å². The third kappa shape index (κ3) is 4.44. The number of halogens is 3.